The van der Waals surface area contributed by atoms with Crippen molar-refractivity contribution in [1.29, 1.82) is 0 Å². The van der Waals surface area contributed by atoms with Gasteiger partial charge in [0.25, 0.3) is 5.24 Å². The number of thioether (sulfide) groups is 1. The van der Waals surface area contributed by atoms with Gasteiger partial charge in [0.15, 0.2) is 0 Å². The van der Waals surface area contributed by atoms with Crippen LogP contribution in [0.1, 0.15) is 32.1 Å². The maximum atomic E-state index is 11.7. The van der Waals surface area contributed by atoms with E-state index in [0.717, 1.165) is 56.8 Å². The molecule has 2 fully saturated rings. The van der Waals surface area contributed by atoms with E-state index in [1.54, 1.807) is 0 Å². The average molecular weight is 401 g/mol. The maximum Gasteiger partial charge on any atom is 0.279 e. The number of unbranched alkanes of at least 4 members (excludes halogenated alkanes) is 2. The van der Waals surface area contributed by atoms with Crippen molar-refractivity contribution >= 4 is 51.0 Å². The molecule has 0 spiro atoms. The number of ether oxygens (including phenoxy) is 1. The number of hydrogen-bond acceptors (Lipinski definition) is 6. The molecule has 0 bridgehead atoms. The van der Waals surface area contributed by atoms with Gasteiger partial charge >= 0.3 is 0 Å². The lowest BCUT2D eigenvalue weighted by Crippen LogP contribution is -2.40. The molecule has 1 amide bonds. The van der Waals surface area contributed by atoms with E-state index in [1.807, 2.05) is 10.8 Å². The minimum atomic E-state index is 0. The van der Waals surface area contributed by atoms with Gasteiger partial charge < -0.3 is 10.1 Å². The summed E-state index contributed by atoms with van der Waals surface area (Å²) < 4.78 is 5.31. The second kappa shape index (κ2) is 14.0. The van der Waals surface area contributed by atoms with Crippen LogP contribution in [0.25, 0.3) is 0 Å². The second-order valence-corrected chi connectivity index (χ2v) is 9.55. The Morgan fingerprint density at radius 1 is 1.26 bits per heavy atom. The lowest BCUT2D eigenvalue weighted by atomic mass is 10.1. The van der Waals surface area contributed by atoms with Gasteiger partial charge in [-0.05, 0) is 19.3 Å². The van der Waals surface area contributed by atoms with Gasteiger partial charge in [0.1, 0.15) is 0 Å². The van der Waals surface area contributed by atoms with Crippen molar-refractivity contribution in [2.75, 3.05) is 50.9 Å². The molecule has 2 rings (SSSR count). The SMILES string of the molecule is Cl.O=C(NCCN1CCOCC1)SCCCCC[C@H]1CCSS1. The number of amides is 1. The number of nitrogens with zero attached hydrogens (tertiary/aromatic N) is 1. The van der Waals surface area contributed by atoms with E-state index in [1.165, 1.54) is 43.2 Å². The van der Waals surface area contributed by atoms with Crippen LogP contribution in [-0.4, -0.2) is 66.3 Å². The molecule has 8 heteroatoms. The van der Waals surface area contributed by atoms with Crippen LogP contribution in [0.4, 0.5) is 4.79 Å². The zero-order valence-electron chi connectivity index (χ0n) is 13.7. The molecule has 0 aliphatic carbocycles. The quantitative estimate of drug-likeness (QED) is 0.467. The van der Waals surface area contributed by atoms with Gasteiger partial charge in [0.05, 0.1) is 13.2 Å². The molecule has 0 unspecified atom stereocenters. The van der Waals surface area contributed by atoms with Crippen molar-refractivity contribution in [3.8, 4) is 0 Å². The fourth-order valence-electron chi connectivity index (χ4n) is 2.57. The highest BCUT2D eigenvalue weighted by Crippen LogP contribution is 2.39. The van der Waals surface area contributed by atoms with Crippen molar-refractivity contribution < 1.29 is 9.53 Å². The summed E-state index contributed by atoms with van der Waals surface area (Å²) in [6.45, 7) is 5.30. The Hall–Kier alpha value is 0.730. The van der Waals surface area contributed by atoms with Gasteiger partial charge in [-0.2, -0.15) is 0 Å². The summed E-state index contributed by atoms with van der Waals surface area (Å²) in [5.41, 5.74) is 0. The number of hydrogen-bond donors (Lipinski definition) is 1. The summed E-state index contributed by atoms with van der Waals surface area (Å²) in [5.74, 6) is 2.28. The molecule has 0 aromatic carbocycles. The van der Waals surface area contributed by atoms with Gasteiger partial charge in [-0.15, -0.1) is 12.4 Å². The van der Waals surface area contributed by atoms with Crippen molar-refractivity contribution in [2.24, 2.45) is 0 Å². The lowest BCUT2D eigenvalue weighted by Gasteiger charge is -2.26. The van der Waals surface area contributed by atoms with Gasteiger partial charge in [-0.3, -0.25) is 9.69 Å². The standard InChI is InChI=1S/C15H28N2O2S3.ClH/c18-15(16-6-7-17-8-10-19-11-9-17)20-12-3-1-2-4-14-5-13-21-22-14;/h14H,1-13H2,(H,16,18);1H/t14-;/m0./s1. The molecular weight excluding hydrogens is 372 g/mol. The van der Waals surface area contributed by atoms with E-state index < -0.39 is 0 Å². The van der Waals surface area contributed by atoms with E-state index in [0.29, 0.717) is 0 Å². The first-order valence-corrected chi connectivity index (χ1v) is 11.7. The molecule has 2 saturated heterocycles. The summed E-state index contributed by atoms with van der Waals surface area (Å²) in [6.07, 6.45) is 6.48. The molecule has 4 nitrogen and oxygen atoms in total. The van der Waals surface area contributed by atoms with Gasteiger partial charge in [0, 0.05) is 42.9 Å². The highest BCUT2D eigenvalue weighted by atomic mass is 35.5. The predicted molar refractivity (Wildman–Crippen MR) is 107 cm³/mol. The molecule has 0 aromatic rings. The molecule has 2 aliphatic rings. The molecule has 1 N–H and O–H groups in total. The summed E-state index contributed by atoms with van der Waals surface area (Å²) >= 11 is 1.44. The van der Waals surface area contributed by atoms with E-state index in [4.69, 9.17) is 4.74 Å². The fraction of sp³-hybridized carbons (Fsp3) is 0.933. The Balaban J connectivity index is 0.00000264. The summed E-state index contributed by atoms with van der Waals surface area (Å²) in [4.78, 5) is 14.1. The smallest absolute Gasteiger partial charge is 0.279 e. The minimum Gasteiger partial charge on any atom is -0.379 e. The topological polar surface area (TPSA) is 41.6 Å². The highest BCUT2D eigenvalue weighted by molar-refractivity contribution is 8.77. The molecule has 1 atom stereocenters. The minimum absolute atomic E-state index is 0. The van der Waals surface area contributed by atoms with Crippen molar-refractivity contribution in [3.05, 3.63) is 0 Å². The van der Waals surface area contributed by atoms with E-state index >= 15 is 0 Å². The summed E-state index contributed by atoms with van der Waals surface area (Å²) in [5, 5.41) is 4.03. The highest BCUT2D eigenvalue weighted by Gasteiger charge is 2.15. The number of carbonyl (C=O) groups is 1. The number of morpholine rings is 1. The fourth-order valence-corrected chi connectivity index (χ4v) is 6.34. The monoisotopic (exact) mass is 400 g/mol. The predicted octanol–water partition coefficient (Wildman–Crippen LogP) is 3.90. The number of nitrogens with one attached hydrogen (secondary N) is 1. The van der Waals surface area contributed by atoms with Crippen LogP contribution in [-0.2, 0) is 4.74 Å². The summed E-state index contributed by atoms with van der Waals surface area (Å²) in [6, 6.07) is 0. The lowest BCUT2D eigenvalue weighted by molar-refractivity contribution is 0.0388. The Bertz CT molecular complexity index is 315. The first-order valence-electron chi connectivity index (χ1n) is 8.33. The molecule has 136 valence electrons. The third kappa shape index (κ3) is 10.3. The van der Waals surface area contributed by atoms with Gasteiger partial charge in [-0.25, -0.2) is 0 Å². The van der Waals surface area contributed by atoms with E-state index in [9.17, 15) is 4.79 Å². The molecule has 0 saturated carbocycles. The summed E-state index contributed by atoms with van der Waals surface area (Å²) in [7, 11) is 4.09. The first kappa shape index (κ1) is 21.8. The zero-order valence-corrected chi connectivity index (χ0v) is 16.9. The first-order chi connectivity index (χ1) is 10.8. The Morgan fingerprint density at radius 3 is 2.83 bits per heavy atom. The van der Waals surface area contributed by atoms with Gasteiger partial charge in [-0.1, -0.05) is 46.2 Å². The molecular formula is C15H29ClN2O2S3. The Labute approximate surface area is 158 Å². The van der Waals surface area contributed by atoms with Gasteiger partial charge in [0.2, 0.25) is 0 Å². The number of halogens is 1. The van der Waals surface area contributed by atoms with Crippen LogP contribution < -0.4 is 5.32 Å². The maximum absolute atomic E-state index is 11.7. The van der Waals surface area contributed by atoms with Crippen molar-refractivity contribution in [3.63, 3.8) is 0 Å². The number of carbonyl (C=O) groups excluding carboxylic acids is 1. The average Bonchev–Trinajstić information content (AvgIpc) is 3.05. The van der Waals surface area contributed by atoms with Crippen LogP contribution in [0.2, 0.25) is 0 Å². The second-order valence-electron chi connectivity index (χ2n) is 5.69. The van der Waals surface area contributed by atoms with Crippen LogP contribution in [0.5, 0.6) is 0 Å². The van der Waals surface area contributed by atoms with Crippen LogP contribution in [0, 0.1) is 0 Å². The third-order valence-corrected chi connectivity index (χ3v) is 7.84. The molecule has 2 heterocycles. The van der Waals surface area contributed by atoms with E-state index in [-0.39, 0.29) is 17.6 Å². The van der Waals surface area contributed by atoms with Crippen molar-refractivity contribution in [1.82, 2.24) is 10.2 Å². The van der Waals surface area contributed by atoms with Crippen LogP contribution in [0.15, 0.2) is 0 Å². The normalized spacial score (nSPS) is 21.8. The molecule has 0 aromatic heterocycles. The Morgan fingerprint density at radius 2 is 2.09 bits per heavy atom. The van der Waals surface area contributed by atoms with Crippen LogP contribution in [0.3, 0.4) is 0 Å². The number of rotatable bonds is 9. The Kier molecular flexibility index (Phi) is 13.2. The van der Waals surface area contributed by atoms with Crippen LogP contribution >= 0.6 is 45.8 Å². The van der Waals surface area contributed by atoms with Crippen molar-refractivity contribution in [2.45, 2.75) is 37.4 Å². The molecule has 2 aliphatic heterocycles. The van der Waals surface area contributed by atoms with E-state index in [2.05, 4.69) is 21.0 Å². The zero-order chi connectivity index (χ0) is 15.5. The molecule has 23 heavy (non-hydrogen) atoms. The molecule has 0 radical (unpaired) electrons. The third-order valence-electron chi connectivity index (χ3n) is 3.93. The largest absolute Gasteiger partial charge is 0.379 e.